The number of amides is 2. The number of nitrogens with zero attached hydrogens (tertiary/aromatic N) is 2. The lowest BCUT2D eigenvalue weighted by Gasteiger charge is -2.32. The van der Waals surface area contributed by atoms with Crippen LogP contribution in [0.1, 0.15) is 12.0 Å². The second-order valence-corrected chi connectivity index (χ2v) is 10.2. The minimum atomic E-state index is -0.611. The number of benzene rings is 3. The van der Waals surface area contributed by atoms with Crippen LogP contribution >= 0.6 is 50.9 Å². The lowest BCUT2D eigenvalue weighted by molar-refractivity contribution is -0.129. The topological polar surface area (TPSA) is 61.8 Å². The van der Waals surface area contributed by atoms with Gasteiger partial charge in [0.05, 0.1) is 12.2 Å². The standard InChI is InChI=1S/C24H18BrCl2N3O2S/c25-16-6-10-19(11-7-16)28-23(32)21-13-22(31)30(14-15-4-8-17(26)9-5-15)24(33-21)29-20-3-1-2-18(27)12-20/h1-12,21H,13-14H2,(H,28,32). The Kier molecular flexibility index (Phi) is 7.75. The molecule has 0 aliphatic carbocycles. The number of halogens is 3. The van der Waals surface area contributed by atoms with Crippen molar-refractivity contribution in [3.63, 3.8) is 0 Å². The first-order chi connectivity index (χ1) is 15.9. The highest BCUT2D eigenvalue weighted by molar-refractivity contribution is 9.10. The van der Waals surface area contributed by atoms with Crippen molar-refractivity contribution in [2.24, 2.45) is 4.99 Å². The van der Waals surface area contributed by atoms with Gasteiger partial charge in [0, 0.05) is 26.6 Å². The third-order valence-corrected chi connectivity index (χ3v) is 7.03. The van der Waals surface area contributed by atoms with Gasteiger partial charge in [-0.3, -0.25) is 14.5 Å². The molecule has 9 heteroatoms. The van der Waals surface area contributed by atoms with Crippen LogP contribution in [-0.4, -0.2) is 27.1 Å². The Morgan fingerprint density at radius 1 is 1.06 bits per heavy atom. The Hall–Kier alpha value is -2.32. The summed E-state index contributed by atoms with van der Waals surface area (Å²) >= 11 is 16.8. The van der Waals surface area contributed by atoms with E-state index in [0.717, 1.165) is 10.0 Å². The van der Waals surface area contributed by atoms with E-state index in [9.17, 15) is 9.59 Å². The van der Waals surface area contributed by atoms with Gasteiger partial charge in [-0.25, -0.2) is 4.99 Å². The van der Waals surface area contributed by atoms with Crippen molar-refractivity contribution in [3.8, 4) is 0 Å². The molecular weight excluding hydrogens is 545 g/mol. The number of hydrogen-bond donors (Lipinski definition) is 1. The van der Waals surface area contributed by atoms with E-state index in [1.54, 1.807) is 53.4 Å². The van der Waals surface area contributed by atoms with Crippen molar-refractivity contribution < 1.29 is 9.59 Å². The smallest absolute Gasteiger partial charge is 0.238 e. The first kappa shape index (κ1) is 23.8. The van der Waals surface area contributed by atoms with Crippen LogP contribution in [0.15, 0.2) is 82.3 Å². The molecule has 1 atom stereocenters. The molecule has 1 fully saturated rings. The first-order valence-corrected chi connectivity index (χ1v) is 12.4. The predicted octanol–water partition coefficient (Wildman–Crippen LogP) is 6.92. The summed E-state index contributed by atoms with van der Waals surface area (Å²) in [5.41, 5.74) is 2.17. The van der Waals surface area contributed by atoms with Crippen molar-refractivity contribution in [3.05, 3.63) is 92.9 Å². The summed E-state index contributed by atoms with van der Waals surface area (Å²) in [7, 11) is 0. The Bertz CT molecular complexity index is 1200. The highest BCUT2D eigenvalue weighted by atomic mass is 79.9. The van der Waals surface area contributed by atoms with Crippen molar-refractivity contribution in [1.29, 1.82) is 0 Å². The number of amidine groups is 1. The van der Waals surface area contributed by atoms with E-state index in [4.69, 9.17) is 23.2 Å². The Morgan fingerprint density at radius 3 is 2.48 bits per heavy atom. The second-order valence-electron chi connectivity index (χ2n) is 7.29. The van der Waals surface area contributed by atoms with Crippen molar-refractivity contribution >= 4 is 79.3 Å². The average Bonchev–Trinajstić information content (AvgIpc) is 2.79. The van der Waals surface area contributed by atoms with Gasteiger partial charge in [-0.05, 0) is 60.2 Å². The number of aliphatic imine (C=N–C) groups is 1. The van der Waals surface area contributed by atoms with Crippen LogP contribution < -0.4 is 5.32 Å². The van der Waals surface area contributed by atoms with Crippen molar-refractivity contribution in [2.45, 2.75) is 18.2 Å². The number of rotatable bonds is 5. The van der Waals surface area contributed by atoms with Gasteiger partial charge in [0.25, 0.3) is 0 Å². The van der Waals surface area contributed by atoms with Crippen LogP contribution in [0.2, 0.25) is 10.0 Å². The summed E-state index contributed by atoms with van der Waals surface area (Å²) in [5, 5.41) is 3.88. The SMILES string of the molecule is O=C(Nc1ccc(Br)cc1)C1CC(=O)N(Cc2ccc(Cl)cc2)C(=Nc2cccc(Cl)c2)S1. The zero-order valence-corrected chi connectivity index (χ0v) is 21.1. The molecule has 0 radical (unpaired) electrons. The number of anilines is 1. The summed E-state index contributed by atoms with van der Waals surface area (Å²) in [5.74, 6) is -0.430. The predicted molar refractivity (Wildman–Crippen MR) is 139 cm³/mol. The maximum Gasteiger partial charge on any atom is 0.238 e. The molecule has 1 N–H and O–H groups in total. The number of thioether (sulfide) groups is 1. The first-order valence-electron chi connectivity index (χ1n) is 9.99. The number of carbonyl (C=O) groups excluding carboxylic acids is 2. The fourth-order valence-electron chi connectivity index (χ4n) is 3.18. The zero-order valence-electron chi connectivity index (χ0n) is 17.2. The maximum atomic E-state index is 13.1. The molecular formula is C24H18BrCl2N3O2S. The molecule has 0 saturated carbocycles. The molecule has 0 spiro atoms. The number of nitrogens with one attached hydrogen (secondary N) is 1. The average molecular weight is 563 g/mol. The molecule has 4 rings (SSSR count). The molecule has 1 heterocycles. The summed E-state index contributed by atoms with van der Waals surface area (Å²) in [4.78, 5) is 32.3. The monoisotopic (exact) mass is 561 g/mol. The molecule has 1 aliphatic heterocycles. The van der Waals surface area contributed by atoms with E-state index < -0.39 is 5.25 Å². The van der Waals surface area contributed by atoms with Crippen LogP contribution in [0.5, 0.6) is 0 Å². The summed E-state index contributed by atoms with van der Waals surface area (Å²) in [6, 6.07) is 21.6. The zero-order chi connectivity index (χ0) is 23.4. The van der Waals surface area contributed by atoms with Gasteiger partial charge in [0.1, 0.15) is 5.25 Å². The van der Waals surface area contributed by atoms with E-state index in [1.807, 2.05) is 24.3 Å². The lowest BCUT2D eigenvalue weighted by Crippen LogP contribution is -2.44. The molecule has 5 nitrogen and oxygen atoms in total. The van der Waals surface area contributed by atoms with E-state index in [0.29, 0.717) is 33.1 Å². The second kappa shape index (κ2) is 10.7. The van der Waals surface area contributed by atoms with Gasteiger partial charge in [0.15, 0.2) is 5.17 Å². The Labute approximate surface area is 214 Å². The fourth-order valence-corrected chi connectivity index (χ4v) is 4.85. The van der Waals surface area contributed by atoms with Crippen LogP contribution in [0.3, 0.4) is 0 Å². The van der Waals surface area contributed by atoms with E-state index >= 15 is 0 Å². The van der Waals surface area contributed by atoms with Gasteiger partial charge in [-0.2, -0.15) is 0 Å². The molecule has 33 heavy (non-hydrogen) atoms. The van der Waals surface area contributed by atoms with Crippen molar-refractivity contribution in [2.75, 3.05) is 5.32 Å². The van der Waals surface area contributed by atoms with Crippen molar-refractivity contribution in [1.82, 2.24) is 4.90 Å². The normalized spacial score (nSPS) is 17.3. The number of hydrogen-bond acceptors (Lipinski definition) is 4. The molecule has 2 amide bonds. The minimum Gasteiger partial charge on any atom is -0.325 e. The molecule has 0 aromatic heterocycles. The van der Waals surface area contributed by atoms with E-state index in [1.165, 1.54) is 11.8 Å². The van der Waals surface area contributed by atoms with Crippen LogP contribution in [-0.2, 0) is 16.1 Å². The number of carbonyl (C=O) groups is 2. The summed E-state index contributed by atoms with van der Waals surface area (Å²) in [6.45, 7) is 0.323. The Balaban J connectivity index is 1.60. The molecule has 3 aromatic carbocycles. The van der Waals surface area contributed by atoms with E-state index in [2.05, 4.69) is 26.2 Å². The highest BCUT2D eigenvalue weighted by Crippen LogP contribution is 2.32. The van der Waals surface area contributed by atoms with E-state index in [-0.39, 0.29) is 18.2 Å². The van der Waals surface area contributed by atoms with Gasteiger partial charge < -0.3 is 5.32 Å². The third kappa shape index (κ3) is 6.38. The molecule has 3 aromatic rings. The molecule has 1 aliphatic rings. The molecule has 1 saturated heterocycles. The largest absolute Gasteiger partial charge is 0.325 e. The summed E-state index contributed by atoms with van der Waals surface area (Å²) < 4.78 is 0.913. The third-order valence-electron chi connectivity index (χ3n) is 4.83. The fraction of sp³-hybridized carbons (Fsp3) is 0.125. The van der Waals surface area contributed by atoms with Gasteiger partial charge in [-0.15, -0.1) is 0 Å². The Morgan fingerprint density at radius 2 is 1.79 bits per heavy atom. The maximum absolute atomic E-state index is 13.1. The van der Waals surface area contributed by atoms with Gasteiger partial charge in [-0.1, -0.05) is 69.1 Å². The lowest BCUT2D eigenvalue weighted by atomic mass is 10.2. The van der Waals surface area contributed by atoms with Gasteiger partial charge in [0.2, 0.25) is 11.8 Å². The minimum absolute atomic E-state index is 0.0647. The molecule has 0 bridgehead atoms. The molecule has 1 unspecified atom stereocenters. The highest BCUT2D eigenvalue weighted by Gasteiger charge is 2.36. The van der Waals surface area contributed by atoms with Crippen LogP contribution in [0, 0.1) is 0 Å². The molecule has 168 valence electrons. The van der Waals surface area contributed by atoms with Crippen LogP contribution in [0.4, 0.5) is 11.4 Å². The van der Waals surface area contributed by atoms with Crippen LogP contribution in [0.25, 0.3) is 0 Å². The summed E-state index contributed by atoms with van der Waals surface area (Å²) in [6.07, 6.45) is 0.0647. The van der Waals surface area contributed by atoms with Gasteiger partial charge >= 0.3 is 0 Å². The quantitative estimate of drug-likeness (QED) is 0.367.